The zero-order valence-electron chi connectivity index (χ0n) is 13.0. The molecule has 2 saturated heterocycles. The van der Waals surface area contributed by atoms with Crippen molar-refractivity contribution in [3.8, 4) is 5.75 Å². The molecule has 2 N–H and O–H groups in total. The van der Waals surface area contributed by atoms with E-state index in [1.807, 2.05) is 0 Å². The van der Waals surface area contributed by atoms with Gasteiger partial charge in [-0.3, -0.25) is 4.90 Å². The molecule has 0 radical (unpaired) electrons. The lowest BCUT2D eigenvalue weighted by Crippen LogP contribution is -2.47. The Bertz CT molecular complexity index is 463. The molecule has 23 heavy (non-hydrogen) atoms. The number of phenols is 1. The van der Waals surface area contributed by atoms with Crippen LogP contribution in [0.15, 0.2) is 18.2 Å². The molecule has 2 fully saturated rings. The number of ether oxygens (including phenoxy) is 1. The fourth-order valence-electron chi connectivity index (χ4n) is 3.50. The fourth-order valence-corrected chi connectivity index (χ4v) is 3.50. The van der Waals surface area contributed by atoms with E-state index in [9.17, 15) is 9.50 Å². The zero-order valence-corrected chi connectivity index (χ0v) is 14.7. The van der Waals surface area contributed by atoms with Crippen molar-refractivity contribution in [3.05, 3.63) is 29.6 Å². The molecule has 2 aliphatic heterocycles. The summed E-state index contributed by atoms with van der Waals surface area (Å²) in [5, 5.41) is 12.8. The first kappa shape index (κ1) is 20.5. The standard InChI is InChI=1S/C16H23FN2O2.2ClH/c17-15-11-13(20)1-2-14(15)16(12-3-9-21-10-4-12)19-7-5-18-6-8-19;;/h1-2,11-12,16,18,20H,3-10H2;2*1H/t16-;;/m0../s1. The highest BCUT2D eigenvalue weighted by molar-refractivity contribution is 5.85. The molecule has 7 heteroatoms. The lowest BCUT2D eigenvalue weighted by Gasteiger charge is -2.41. The highest BCUT2D eigenvalue weighted by Gasteiger charge is 2.32. The molecule has 0 amide bonds. The maximum Gasteiger partial charge on any atom is 0.131 e. The SMILES string of the molecule is Cl.Cl.Oc1ccc([C@H](C2CCOCC2)N2CCNCC2)c(F)c1. The Balaban J connectivity index is 0.00000132. The molecule has 1 aromatic rings. The molecular weight excluding hydrogens is 342 g/mol. The maximum absolute atomic E-state index is 14.4. The summed E-state index contributed by atoms with van der Waals surface area (Å²) in [6.07, 6.45) is 1.93. The van der Waals surface area contributed by atoms with Gasteiger partial charge in [0.25, 0.3) is 0 Å². The second kappa shape index (κ2) is 9.64. The summed E-state index contributed by atoms with van der Waals surface area (Å²) in [4.78, 5) is 2.38. The van der Waals surface area contributed by atoms with Crippen LogP contribution in [0.4, 0.5) is 4.39 Å². The third-order valence-corrected chi connectivity index (χ3v) is 4.56. The second-order valence-corrected chi connectivity index (χ2v) is 5.89. The Hall–Kier alpha value is -0.590. The summed E-state index contributed by atoms with van der Waals surface area (Å²) in [6.45, 7) is 5.27. The van der Waals surface area contributed by atoms with Gasteiger partial charge in [-0.25, -0.2) is 4.39 Å². The number of phenolic OH excluding ortho intramolecular Hbond substituents is 1. The van der Waals surface area contributed by atoms with Gasteiger partial charge in [-0.15, -0.1) is 24.8 Å². The van der Waals surface area contributed by atoms with E-state index in [1.54, 1.807) is 12.1 Å². The molecule has 3 rings (SSSR count). The number of hydrogen-bond donors (Lipinski definition) is 2. The van der Waals surface area contributed by atoms with Crippen LogP contribution in [0.3, 0.4) is 0 Å². The van der Waals surface area contributed by atoms with Crippen LogP contribution in [0.25, 0.3) is 0 Å². The van der Waals surface area contributed by atoms with Crippen molar-refractivity contribution in [2.75, 3.05) is 39.4 Å². The summed E-state index contributed by atoms with van der Waals surface area (Å²) in [7, 11) is 0. The number of nitrogens with zero attached hydrogens (tertiary/aromatic N) is 1. The molecular formula is C16H25Cl2FN2O2. The molecule has 0 aliphatic carbocycles. The number of hydrogen-bond acceptors (Lipinski definition) is 4. The van der Waals surface area contributed by atoms with Gasteiger partial charge < -0.3 is 15.2 Å². The van der Waals surface area contributed by atoms with Crippen LogP contribution >= 0.6 is 24.8 Å². The van der Waals surface area contributed by atoms with E-state index in [-0.39, 0.29) is 42.4 Å². The van der Waals surface area contributed by atoms with E-state index in [4.69, 9.17) is 4.74 Å². The fraction of sp³-hybridized carbons (Fsp3) is 0.625. The highest BCUT2D eigenvalue weighted by atomic mass is 35.5. The molecule has 0 aromatic heterocycles. The molecule has 0 bridgehead atoms. The van der Waals surface area contributed by atoms with Crippen molar-refractivity contribution in [2.24, 2.45) is 5.92 Å². The topological polar surface area (TPSA) is 44.7 Å². The molecule has 2 aliphatic rings. The minimum absolute atomic E-state index is 0. The van der Waals surface area contributed by atoms with Gasteiger partial charge in [0, 0.05) is 57.1 Å². The van der Waals surface area contributed by atoms with Gasteiger partial charge in [0.15, 0.2) is 0 Å². The number of benzene rings is 1. The summed E-state index contributed by atoms with van der Waals surface area (Å²) in [5.41, 5.74) is 0.710. The first-order chi connectivity index (χ1) is 10.3. The normalized spacial score (nSPS) is 21.1. The monoisotopic (exact) mass is 366 g/mol. The smallest absolute Gasteiger partial charge is 0.131 e. The third-order valence-electron chi connectivity index (χ3n) is 4.56. The molecule has 4 nitrogen and oxygen atoms in total. The van der Waals surface area contributed by atoms with Crippen LogP contribution in [-0.4, -0.2) is 49.4 Å². The lowest BCUT2D eigenvalue weighted by atomic mass is 9.85. The first-order valence-electron chi connectivity index (χ1n) is 7.76. The molecule has 2 heterocycles. The highest BCUT2D eigenvalue weighted by Crippen LogP contribution is 2.37. The largest absolute Gasteiger partial charge is 0.508 e. The predicted molar refractivity (Wildman–Crippen MR) is 93.3 cm³/mol. The van der Waals surface area contributed by atoms with Crippen LogP contribution in [0.1, 0.15) is 24.4 Å². The summed E-state index contributed by atoms with van der Waals surface area (Å²) >= 11 is 0. The third kappa shape index (κ3) is 4.94. The van der Waals surface area contributed by atoms with Crippen molar-refractivity contribution in [1.82, 2.24) is 10.2 Å². The molecule has 132 valence electrons. The van der Waals surface area contributed by atoms with Crippen LogP contribution in [0, 0.1) is 11.7 Å². The number of aromatic hydroxyl groups is 1. The number of nitrogens with one attached hydrogen (secondary N) is 1. The Labute approximate surface area is 149 Å². The molecule has 1 aromatic carbocycles. The van der Waals surface area contributed by atoms with Crippen LogP contribution in [0.5, 0.6) is 5.75 Å². The Kier molecular flexibility index (Phi) is 8.58. The first-order valence-corrected chi connectivity index (χ1v) is 7.76. The Morgan fingerprint density at radius 1 is 1.17 bits per heavy atom. The Morgan fingerprint density at radius 3 is 2.43 bits per heavy atom. The van der Waals surface area contributed by atoms with E-state index in [0.717, 1.165) is 52.2 Å². The van der Waals surface area contributed by atoms with E-state index in [1.165, 1.54) is 6.07 Å². The average Bonchev–Trinajstić information content (AvgIpc) is 2.52. The van der Waals surface area contributed by atoms with Gasteiger partial charge in [-0.2, -0.15) is 0 Å². The summed E-state index contributed by atoms with van der Waals surface area (Å²) in [5.74, 6) is 0.100. The van der Waals surface area contributed by atoms with Crippen molar-refractivity contribution in [1.29, 1.82) is 0 Å². The summed E-state index contributed by atoms with van der Waals surface area (Å²) in [6, 6.07) is 4.64. The van der Waals surface area contributed by atoms with Crippen LogP contribution in [-0.2, 0) is 4.74 Å². The van der Waals surface area contributed by atoms with Crippen molar-refractivity contribution in [3.63, 3.8) is 0 Å². The van der Waals surface area contributed by atoms with E-state index in [2.05, 4.69) is 10.2 Å². The molecule has 0 saturated carbocycles. The molecule has 1 atom stereocenters. The van der Waals surface area contributed by atoms with Gasteiger partial charge in [0.05, 0.1) is 0 Å². The van der Waals surface area contributed by atoms with Crippen molar-refractivity contribution in [2.45, 2.75) is 18.9 Å². The predicted octanol–water partition coefficient (Wildman–Crippen LogP) is 2.75. The Morgan fingerprint density at radius 2 is 1.83 bits per heavy atom. The van der Waals surface area contributed by atoms with Gasteiger partial charge in [0.2, 0.25) is 0 Å². The van der Waals surface area contributed by atoms with Crippen molar-refractivity contribution >= 4 is 24.8 Å². The number of rotatable bonds is 3. The van der Waals surface area contributed by atoms with E-state index in [0.29, 0.717) is 11.5 Å². The number of halogens is 3. The van der Waals surface area contributed by atoms with E-state index >= 15 is 0 Å². The van der Waals surface area contributed by atoms with E-state index < -0.39 is 0 Å². The molecule has 0 unspecified atom stereocenters. The van der Waals surface area contributed by atoms with Crippen molar-refractivity contribution < 1.29 is 14.2 Å². The average molecular weight is 367 g/mol. The number of piperazine rings is 1. The van der Waals surface area contributed by atoms with Crippen LogP contribution in [0.2, 0.25) is 0 Å². The minimum Gasteiger partial charge on any atom is -0.508 e. The lowest BCUT2D eigenvalue weighted by molar-refractivity contribution is 0.0202. The zero-order chi connectivity index (χ0) is 14.7. The van der Waals surface area contributed by atoms with Crippen LogP contribution < -0.4 is 5.32 Å². The van der Waals surface area contributed by atoms with Gasteiger partial charge in [-0.05, 0) is 24.8 Å². The molecule has 0 spiro atoms. The van der Waals surface area contributed by atoms with Gasteiger partial charge in [-0.1, -0.05) is 6.07 Å². The summed E-state index contributed by atoms with van der Waals surface area (Å²) < 4.78 is 19.8. The minimum atomic E-state index is -0.301. The van der Waals surface area contributed by atoms with Gasteiger partial charge >= 0.3 is 0 Å². The second-order valence-electron chi connectivity index (χ2n) is 5.89. The quantitative estimate of drug-likeness (QED) is 0.863. The van der Waals surface area contributed by atoms with Gasteiger partial charge in [0.1, 0.15) is 11.6 Å². The maximum atomic E-state index is 14.4.